The van der Waals surface area contributed by atoms with Gasteiger partial charge in [0.15, 0.2) is 5.82 Å². The summed E-state index contributed by atoms with van der Waals surface area (Å²) < 4.78 is 4.98. The van der Waals surface area contributed by atoms with Gasteiger partial charge in [0.05, 0.1) is 16.3 Å². The number of carboxylic acid groups (broad SMARTS) is 1. The number of carboxylic acids is 1. The maximum atomic E-state index is 10.6. The largest absolute Gasteiger partial charge is 0.478 e. The Bertz CT molecular complexity index is 539. The predicted octanol–water partition coefficient (Wildman–Crippen LogP) is 2.02. The van der Waals surface area contributed by atoms with E-state index in [1.54, 1.807) is 6.07 Å². The molecule has 0 aliphatic rings. The number of carbonyl (C=O) groups is 1. The number of aromatic nitrogens is 3. The van der Waals surface area contributed by atoms with E-state index in [9.17, 15) is 4.79 Å². The summed E-state index contributed by atoms with van der Waals surface area (Å²) in [5.41, 5.74) is 0.173. The van der Waals surface area contributed by atoms with Crippen LogP contribution < -0.4 is 0 Å². The molecule has 2 aromatic heterocycles. The molecule has 0 spiro atoms. The Morgan fingerprint density at radius 1 is 1.50 bits per heavy atom. The second-order valence-corrected chi connectivity index (χ2v) is 4.43. The Kier molecular flexibility index (Phi) is 3.93. The van der Waals surface area contributed by atoms with Crippen LogP contribution in [0, 0.1) is 0 Å². The predicted molar refractivity (Wildman–Crippen MR) is 64.4 cm³/mol. The van der Waals surface area contributed by atoms with Crippen LogP contribution >= 0.6 is 11.8 Å². The zero-order valence-electron chi connectivity index (χ0n) is 9.66. The minimum absolute atomic E-state index is 0.173. The van der Waals surface area contributed by atoms with Gasteiger partial charge in [-0.1, -0.05) is 23.8 Å². The average Bonchev–Trinajstić information content (AvgIpc) is 2.85. The van der Waals surface area contributed by atoms with Gasteiger partial charge in [0.1, 0.15) is 0 Å². The number of hydrogen-bond acceptors (Lipinski definition) is 6. The molecule has 0 fully saturated rings. The van der Waals surface area contributed by atoms with E-state index in [0.717, 1.165) is 5.03 Å². The lowest BCUT2D eigenvalue weighted by Gasteiger charge is -1.98. The molecule has 94 valence electrons. The Morgan fingerprint density at radius 2 is 2.33 bits per heavy atom. The molecule has 0 radical (unpaired) electrons. The quantitative estimate of drug-likeness (QED) is 0.827. The molecule has 18 heavy (non-hydrogen) atoms. The van der Waals surface area contributed by atoms with Gasteiger partial charge in [0.25, 0.3) is 0 Å². The molecule has 0 amide bonds. The van der Waals surface area contributed by atoms with E-state index in [4.69, 9.17) is 9.63 Å². The zero-order chi connectivity index (χ0) is 13.0. The summed E-state index contributed by atoms with van der Waals surface area (Å²) in [6, 6.07) is 3.18. The highest BCUT2D eigenvalue weighted by Gasteiger charge is 2.07. The minimum atomic E-state index is -0.982. The molecule has 0 atom stereocenters. The first-order chi connectivity index (χ1) is 8.69. The first-order valence-corrected chi connectivity index (χ1v) is 6.31. The molecule has 0 saturated heterocycles. The van der Waals surface area contributed by atoms with E-state index in [2.05, 4.69) is 15.1 Å². The lowest BCUT2D eigenvalue weighted by Crippen LogP contribution is -1.96. The number of nitrogens with zero attached hydrogens (tertiary/aromatic N) is 3. The summed E-state index contributed by atoms with van der Waals surface area (Å²) in [7, 11) is 0. The molecule has 0 aliphatic carbocycles. The van der Waals surface area contributed by atoms with Crippen molar-refractivity contribution in [2.45, 2.75) is 24.1 Å². The smallest absolute Gasteiger partial charge is 0.337 e. The van der Waals surface area contributed by atoms with E-state index >= 15 is 0 Å². The maximum Gasteiger partial charge on any atom is 0.337 e. The highest BCUT2D eigenvalue weighted by molar-refractivity contribution is 7.98. The molecule has 1 N–H and O–H groups in total. The lowest BCUT2D eigenvalue weighted by atomic mass is 10.3. The fourth-order valence-corrected chi connectivity index (χ4v) is 1.91. The van der Waals surface area contributed by atoms with Gasteiger partial charge < -0.3 is 9.63 Å². The number of aryl methyl sites for hydroxylation is 1. The molecule has 6 nitrogen and oxygen atoms in total. The average molecular weight is 265 g/mol. The van der Waals surface area contributed by atoms with Gasteiger partial charge in [-0.15, -0.1) is 0 Å². The van der Waals surface area contributed by atoms with Crippen molar-refractivity contribution in [3.05, 3.63) is 35.6 Å². The van der Waals surface area contributed by atoms with Gasteiger partial charge in [-0.05, 0) is 12.1 Å². The zero-order valence-corrected chi connectivity index (χ0v) is 10.5. The van der Waals surface area contributed by atoms with Crippen LogP contribution in [0.2, 0.25) is 0 Å². The fraction of sp³-hybridized carbons (Fsp3) is 0.273. The van der Waals surface area contributed by atoms with E-state index in [1.807, 2.05) is 6.92 Å². The summed E-state index contributed by atoms with van der Waals surface area (Å²) in [5.74, 6) is 0.786. The molecule has 0 saturated carbocycles. The van der Waals surface area contributed by atoms with Gasteiger partial charge in [-0.25, -0.2) is 9.78 Å². The Balaban J connectivity index is 1.95. The summed E-state index contributed by atoms with van der Waals surface area (Å²) in [6.07, 6.45) is 2.04. The van der Waals surface area contributed by atoms with E-state index < -0.39 is 5.97 Å². The fourth-order valence-electron chi connectivity index (χ4n) is 1.22. The lowest BCUT2D eigenvalue weighted by molar-refractivity contribution is 0.0696. The first-order valence-electron chi connectivity index (χ1n) is 5.32. The SMILES string of the molecule is CCc1nc(CSc2ccc(C(=O)O)cn2)no1. The molecule has 0 aliphatic heterocycles. The molecule has 7 heteroatoms. The van der Waals surface area contributed by atoms with Crippen LogP contribution in [0.3, 0.4) is 0 Å². The molecule has 2 rings (SSSR count). The van der Waals surface area contributed by atoms with E-state index in [0.29, 0.717) is 23.9 Å². The summed E-state index contributed by atoms with van der Waals surface area (Å²) >= 11 is 1.43. The van der Waals surface area contributed by atoms with Crippen molar-refractivity contribution in [3.8, 4) is 0 Å². The molecule has 2 aromatic rings. The van der Waals surface area contributed by atoms with Crippen LogP contribution in [0.1, 0.15) is 29.0 Å². The van der Waals surface area contributed by atoms with Crippen molar-refractivity contribution < 1.29 is 14.4 Å². The van der Waals surface area contributed by atoms with Crippen LogP contribution in [0.5, 0.6) is 0 Å². The number of rotatable bonds is 5. The van der Waals surface area contributed by atoms with Crippen molar-refractivity contribution in [1.82, 2.24) is 15.1 Å². The standard InChI is InChI=1S/C11H11N3O3S/c1-2-9-13-8(14-17-9)6-18-10-4-3-7(5-12-10)11(15)16/h3-5H,2,6H2,1H3,(H,15,16). The third-order valence-corrected chi connectivity index (χ3v) is 3.08. The summed E-state index contributed by atoms with van der Waals surface area (Å²) in [5, 5.41) is 13.3. The van der Waals surface area contributed by atoms with Crippen molar-refractivity contribution in [1.29, 1.82) is 0 Å². The van der Waals surface area contributed by atoms with Crippen LogP contribution in [0.15, 0.2) is 27.9 Å². The highest BCUT2D eigenvalue weighted by atomic mass is 32.2. The Morgan fingerprint density at radius 3 is 2.89 bits per heavy atom. The summed E-state index contributed by atoms with van der Waals surface area (Å²) in [6.45, 7) is 1.94. The third-order valence-electron chi connectivity index (χ3n) is 2.15. The summed E-state index contributed by atoms with van der Waals surface area (Å²) in [4.78, 5) is 18.9. The Hall–Kier alpha value is -1.89. The van der Waals surface area contributed by atoms with Gasteiger partial charge in [0.2, 0.25) is 5.89 Å². The topological polar surface area (TPSA) is 89.1 Å². The van der Waals surface area contributed by atoms with Crippen LogP contribution in [0.4, 0.5) is 0 Å². The normalized spacial score (nSPS) is 10.5. The van der Waals surface area contributed by atoms with Crippen LogP contribution in [-0.2, 0) is 12.2 Å². The second kappa shape index (κ2) is 5.63. The molecular weight excluding hydrogens is 254 g/mol. The Labute approximate surface area is 107 Å². The van der Waals surface area contributed by atoms with E-state index in [-0.39, 0.29) is 5.56 Å². The van der Waals surface area contributed by atoms with Gasteiger partial charge >= 0.3 is 5.97 Å². The van der Waals surface area contributed by atoms with E-state index in [1.165, 1.54) is 24.0 Å². The van der Waals surface area contributed by atoms with Crippen LogP contribution in [-0.4, -0.2) is 26.2 Å². The first kappa shape index (κ1) is 12.6. The minimum Gasteiger partial charge on any atom is -0.478 e. The highest BCUT2D eigenvalue weighted by Crippen LogP contribution is 2.19. The molecule has 0 aromatic carbocycles. The van der Waals surface area contributed by atoms with Crippen molar-refractivity contribution in [2.75, 3.05) is 0 Å². The molecule has 2 heterocycles. The number of thioether (sulfide) groups is 1. The van der Waals surface area contributed by atoms with Gasteiger partial charge in [-0.2, -0.15) is 4.98 Å². The third kappa shape index (κ3) is 3.07. The number of aromatic carboxylic acids is 1. The van der Waals surface area contributed by atoms with Crippen LogP contribution in [0.25, 0.3) is 0 Å². The number of hydrogen-bond donors (Lipinski definition) is 1. The molecule has 0 unspecified atom stereocenters. The van der Waals surface area contributed by atoms with Crippen molar-refractivity contribution in [3.63, 3.8) is 0 Å². The molecule has 0 bridgehead atoms. The number of pyridine rings is 1. The van der Waals surface area contributed by atoms with Crippen molar-refractivity contribution >= 4 is 17.7 Å². The maximum absolute atomic E-state index is 10.6. The van der Waals surface area contributed by atoms with Gasteiger partial charge in [0, 0.05) is 12.6 Å². The van der Waals surface area contributed by atoms with Gasteiger partial charge in [-0.3, -0.25) is 0 Å². The molecular formula is C11H11N3O3S. The monoisotopic (exact) mass is 265 g/mol. The second-order valence-electron chi connectivity index (χ2n) is 3.44. The van der Waals surface area contributed by atoms with Crippen molar-refractivity contribution in [2.24, 2.45) is 0 Å².